The zero-order valence-corrected chi connectivity index (χ0v) is 16.3. The van der Waals surface area contributed by atoms with Gasteiger partial charge in [-0.15, -0.1) is 11.3 Å². The summed E-state index contributed by atoms with van der Waals surface area (Å²) in [6.45, 7) is 1.96. The Morgan fingerprint density at radius 1 is 1.16 bits per heavy atom. The summed E-state index contributed by atoms with van der Waals surface area (Å²) in [5.41, 5.74) is 2.72. The number of methoxy groups -OCH3 is 1. The van der Waals surface area contributed by atoms with Gasteiger partial charge in [0, 0.05) is 21.3 Å². The molecule has 25 heavy (non-hydrogen) atoms. The third-order valence-corrected chi connectivity index (χ3v) is 5.34. The van der Waals surface area contributed by atoms with Crippen LogP contribution in [0.15, 0.2) is 53.0 Å². The van der Waals surface area contributed by atoms with Gasteiger partial charge < -0.3 is 4.74 Å². The average molecular weight is 417 g/mol. The second-order valence-corrected chi connectivity index (χ2v) is 7.51. The number of aryl methyl sites for hydroxylation is 1. The number of halogens is 1. The van der Waals surface area contributed by atoms with E-state index in [1.165, 1.54) is 16.9 Å². The van der Waals surface area contributed by atoms with Gasteiger partial charge in [0.1, 0.15) is 5.75 Å². The van der Waals surface area contributed by atoms with E-state index in [2.05, 4.69) is 26.2 Å². The SMILES string of the molecule is COc1ccc(Cc2sc(NC(=O)c3ccc(Br)cc3)nc2C)cc1. The first-order valence-electron chi connectivity index (χ1n) is 7.71. The number of aromatic nitrogens is 1. The van der Waals surface area contributed by atoms with Gasteiger partial charge in [0.05, 0.1) is 12.8 Å². The van der Waals surface area contributed by atoms with E-state index in [1.54, 1.807) is 19.2 Å². The number of amides is 1. The quantitative estimate of drug-likeness (QED) is 0.631. The normalized spacial score (nSPS) is 10.5. The number of hydrogen-bond acceptors (Lipinski definition) is 4. The lowest BCUT2D eigenvalue weighted by atomic mass is 10.1. The Morgan fingerprint density at radius 2 is 1.84 bits per heavy atom. The van der Waals surface area contributed by atoms with Gasteiger partial charge in [0.2, 0.25) is 0 Å². The Bertz CT molecular complexity index is 873. The number of benzene rings is 2. The summed E-state index contributed by atoms with van der Waals surface area (Å²) in [4.78, 5) is 17.9. The molecule has 1 amide bonds. The number of hydrogen-bond donors (Lipinski definition) is 1. The molecular formula is C19H17BrN2O2S. The van der Waals surface area contributed by atoms with Crippen molar-refractivity contribution in [1.29, 1.82) is 0 Å². The second kappa shape index (κ2) is 7.80. The molecule has 2 aromatic carbocycles. The Morgan fingerprint density at radius 3 is 2.48 bits per heavy atom. The first-order chi connectivity index (χ1) is 12.0. The summed E-state index contributed by atoms with van der Waals surface area (Å²) in [6, 6.07) is 15.2. The van der Waals surface area contributed by atoms with E-state index in [0.29, 0.717) is 10.7 Å². The molecular weight excluding hydrogens is 400 g/mol. The van der Waals surface area contributed by atoms with Crippen molar-refractivity contribution in [3.8, 4) is 5.75 Å². The molecule has 1 aromatic heterocycles. The maximum absolute atomic E-state index is 12.3. The van der Waals surface area contributed by atoms with E-state index in [0.717, 1.165) is 27.2 Å². The van der Waals surface area contributed by atoms with Gasteiger partial charge in [-0.2, -0.15) is 0 Å². The van der Waals surface area contributed by atoms with E-state index in [-0.39, 0.29) is 5.91 Å². The maximum atomic E-state index is 12.3. The number of carbonyl (C=O) groups excluding carboxylic acids is 1. The Labute approximate surface area is 159 Å². The Hall–Kier alpha value is -2.18. The Kier molecular flexibility index (Phi) is 5.50. The number of nitrogens with one attached hydrogen (secondary N) is 1. The van der Waals surface area contributed by atoms with Crippen molar-refractivity contribution in [1.82, 2.24) is 4.98 Å². The van der Waals surface area contributed by atoms with Gasteiger partial charge in [-0.1, -0.05) is 28.1 Å². The highest BCUT2D eigenvalue weighted by molar-refractivity contribution is 9.10. The van der Waals surface area contributed by atoms with Crippen LogP contribution in [0.3, 0.4) is 0 Å². The van der Waals surface area contributed by atoms with Gasteiger partial charge in [-0.25, -0.2) is 4.98 Å². The molecule has 3 rings (SSSR count). The molecule has 0 aliphatic carbocycles. The van der Waals surface area contributed by atoms with Crippen molar-refractivity contribution in [2.45, 2.75) is 13.3 Å². The zero-order valence-electron chi connectivity index (χ0n) is 13.9. The van der Waals surface area contributed by atoms with Crippen LogP contribution in [-0.4, -0.2) is 18.0 Å². The average Bonchev–Trinajstić information content (AvgIpc) is 2.95. The molecule has 0 saturated carbocycles. The van der Waals surface area contributed by atoms with Crippen LogP contribution in [0.1, 0.15) is 26.5 Å². The van der Waals surface area contributed by atoms with Crippen LogP contribution >= 0.6 is 27.3 Å². The van der Waals surface area contributed by atoms with Crippen LogP contribution in [0.5, 0.6) is 5.75 Å². The molecule has 0 fully saturated rings. The fourth-order valence-corrected chi connectivity index (χ4v) is 3.60. The summed E-state index contributed by atoms with van der Waals surface area (Å²) in [5.74, 6) is 0.685. The van der Waals surface area contributed by atoms with Gasteiger partial charge in [-0.05, 0) is 48.9 Å². The number of anilines is 1. The summed E-state index contributed by atoms with van der Waals surface area (Å²) in [7, 11) is 1.66. The van der Waals surface area contributed by atoms with Crippen molar-refractivity contribution >= 4 is 38.3 Å². The van der Waals surface area contributed by atoms with Crippen LogP contribution in [0.4, 0.5) is 5.13 Å². The van der Waals surface area contributed by atoms with E-state index in [1.807, 2.05) is 43.3 Å². The molecule has 0 spiro atoms. The smallest absolute Gasteiger partial charge is 0.257 e. The van der Waals surface area contributed by atoms with E-state index < -0.39 is 0 Å². The minimum absolute atomic E-state index is 0.155. The minimum atomic E-state index is -0.155. The standard InChI is InChI=1S/C19H17BrN2O2S/c1-12-17(11-13-3-9-16(24-2)10-4-13)25-19(21-12)22-18(23)14-5-7-15(20)8-6-14/h3-10H,11H2,1-2H3,(H,21,22,23). The number of ether oxygens (including phenoxy) is 1. The van der Waals surface area contributed by atoms with E-state index in [9.17, 15) is 4.79 Å². The minimum Gasteiger partial charge on any atom is -0.497 e. The third-order valence-electron chi connectivity index (χ3n) is 3.74. The third kappa shape index (κ3) is 4.46. The molecule has 6 heteroatoms. The fraction of sp³-hybridized carbons (Fsp3) is 0.158. The predicted octanol–water partition coefficient (Wildman–Crippen LogP) is 5.07. The second-order valence-electron chi connectivity index (χ2n) is 5.51. The molecule has 0 bridgehead atoms. The molecule has 1 heterocycles. The summed E-state index contributed by atoms with van der Waals surface area (Å²) in [6.07, 6.45) is 0.779. The van der Waals surface area contributed by atoms with Crippen LogP contribution < -0.4 is 10.1 Å². The van der Waals surface area contributed by atoms with Gasteiger partial charge in [0.25, 0.3) is 5.91 Å². The monoisotopic (exact) mass is 416 g/mol. The van der Waals surface area contributed by atoms with Gasteiger partial charge >= 0.3 is 0 Å². The topological polar surface area (TPSA) is 51.2 Å². The molecule has 0 aliphatic heterocycles. The summed E-state index contributed by atoms with van der Waals surface area (Å²) < 4.78 is 6.12. The van der Waals surface area contributed by atoms with Gasteiger partial charge in [-0.3, -0.25) is 10.1 Å². The largest absolute Gasteiger partial charge is 0.497 e. The summed E-state index contributed by atoms with van der Waals surface area (Å²) in [5, 5.41) is 3.50. The lowest BCUT2D eigenvalue weighted by Gasteiger charge is -2.02. The first kappa shape index (κ1) is 17.6. The summed E-state index contributed by atoms with van der Waals surface area (Å²) >= 11 is 4.87. The number of carbonyl (C=O) groups is 1. The van der Waals surface area contributed by atoms with E-state index in [4.69, 9.17) is 4.74 Å². The van der Waals surface area contributed by atoms with Crippen LogP contribution in [-0.2, 0) is 6.42 Å². The lowest BCUT2D eigenvalue weighted by Crippen LogP contribution is -2.11. The van der Waals surface area contributed by atoms with Crippen molar-refractivity contribution in [3.05, 3.63) is 74.7 Å². The molecule has 0 unspecified atom stereocenters. The van der Waals surface area contributed by atoms with Crippen LogP contribution in [0.25, 0.3) is 0 Å². The zero-order chi connectivity index (χ0) is 17.8. The highest BCUT2D eigenvalue weighted by Crippen LogP contribution is 2.26. The predicted molar refractivity (Wildman–Crippen MR) is 105 cm³/mol. The highest BCUT2D eigenvalue weighted by atomic mass is 79.9. The molecule has 128 valence electrons. The lowest BCUT2D eigenvalue weighted by molar-refractivity contribution is 0.102. The number of nitrogens with zero attached hydrogens (tertiary/aromatic N) is 1. The molecule has 0 atom stereocenters. The van der Waals surface area contributed by atoms with Crippen LogP contribution in [0, 0.1) is 6.92 Å². The number of rotatable bonds is 5. The molecule has 0 radical (unpaired) electrons. The Balaban J connectivity index is 1.71. The maximum Gasteiger partial charge on any atom is 0.257 e. The molecule has 0 aliphatic rings. The van der Waals surface area contributed by atoms with Crippen molar-refractivity contribution < 1.29 is 9.53 Å². The molecule has 3 aromatic rings. The first-order valence-corrected chi connectivity index (χ1v) is 9.32. The highest BCUT2D eigenvalue weighted by Gasteiger charge is 2.12. The molecule has 4 nitrogen and oxygen atoms in total. The molecule has 0 saturated heterocycles. The fourth-order valence-electron chi connectivity index (χ4n) is 2.34. The number of thiazole rings is 1. The molecule has 1 N–H and O–H groups in total. The van der Waals surface area contributed by atoms with Crippen molar-refractivity contribution in [2.24, 2.45) is 0 Å². The van der Waals surface area contributed by atoms with Crippen LogP contribution in [0.2, 0.25) is 0 Å². The van der Waals surface area contributed by atoms with Crippen molar-refractivity contribution in [2.75, 3.05) is 12.4 Å². The van der Waals surface area contributed by atoms with E-state index >= 15 is 0 Å². The van der Waals surface area contributed by atoms with Gasteiger partial charge in [0.15, 0.2) is 5.13 Å². The van der Waals surface area contributed by atoms with Crippen molar-refractivity contribution in [3.63, 3.8) is 0 Å².